The minimum atomic E-state index is -1.05. The number of aromatic carboxylic acids is 1. The molecule has 0 saturated carbocycles. The molecule has 100 valence electrons. The van der Waals surface area contributed by atoms with E-state index in [1.54, 1.807) is 30.3 Å². The molecule has 0 aliphatic carbocycles. The summed E-state index contributed by atoms with van der Waals surface area (Å²) in [6.45, 7) is 0. The van der Waals surface area contributed by atoms with Gasteiger partial charge in [-0.3, -0.25) is 0 Å². The number of carboxylic acids is 1. The van der Waals surface area contributed by atoms with Crippen LogP contribution in [-0.4, -0.2) is 23.2 Å². The maximum Gasteiger partial charge on any atom is 0.492 e. The van der Waals surface area contributed by atoms with E-state index < -0.39 is 19.2 Å². The van der Waals surface area contributed by atoms with Crippen LogP contribution in [0.2, 0.25) is 5.02 Å². The average Bonchev–Trinajstić information content (AvgIpc) is 2.76. The van der Waals surface area contributed by atoms with Crippen LogP contribution in [0.25, 0.3) is 0 Å². The van der Waals surface area contributed by atoms with E-state index in [-0.39, 0.29) is 5.56 Å². The predicted molar refractivity (Wildman–Crippen MR) is 75.4 cm³/mol. The molecule has 3 rings (SSSR count). The molecule has 0 amide bonds. The third-order valence-electron chi connectivity index (χ3n) is 3.32. The maximum atomic E-state index is 11.0. The topological polar surface area (TPSA) is 66.8 Å². The van der Waals surface area contributed by atoms with Crippen LogP contribution in [0.5, 0.6) is 0 Å². The molecule has 0 aromatic heterocycles. The lowest BCUT2D eigenvalue weighted by molar-refractivity contribution is 0.0696. The van der Waals surface area contributed by atoms with E-state index in [0.29, 0.717) is 16.0 Å². The van der Waals surface area contributed by atoms with Crippen molar-refractivity contribution in [1.29, 1.82) is 0 Å². The summed E-state index contributed by atoms with van der Waals surface area (Å²) in [7, 11) is -1.05. The second-order valence-corrected chi connectivity index (χ2v) is 5.01. The highest BCUT2D eigenvalue weighted by atomic mass is 35.5. The zero-order chi connectivity index (χ0) is 14.3. The van der Waals surface area contributed by atoms with Crippen molar-refractivity contribution in [3.63, 3.8) is 0 Å². The Kier molecular flexibility index (Phi) is 3.26. The van der Waals surface area contributed by atoms with Gasteiger partial charge in [0.05, 0.1) is 11.7 Å². The fourth-order valence-corrected chi connectivity index (χ4v) is 2.46. The zero-order valence-electron chi connectivity index (χ0n) is 10.3. The van der Waals surface area contributed by atoms with Gasteiger partial charge in [0.2, 0.25) is 0 Å². The second kappa shape index (κ2) is 4.94. The van der Waals surface area contributed by atoms with E-state index in [9.17, 15) is 9.82 Å². The average molecular weight is 288 g/mol. The smallest absolute Gasteiger partial charge is 0.478 e. The third-order valence-corrected chi connectivity index (χ3v) is 3.57. The summed E-state index contributed by atoms with van der Waals surface area (Å²) in [5.74, 6) is -1.01. The standard InChI is InChI=1S/C14H10BClO4/c16-10-4-1-8(2-5-10)13-11-7-9(14(17)18)3-6-12(11)15(19)20-13/h1-7,13,19H,(H,17,18). The molecule has 1 aliphatic rings. The van der Waals surface area contributed by atoms with Gasteiger partial charge in [-0.15, -0.1) is 0 Å². The summed E-state index contributed by atoms with van der Waals surface area (Å²) in [5.41, 5.74) is 2.24. The van der Waals surface area contributed by atoms with Gasteiger partial charge in [0.15, 0.2) is 0 Å². The fraction of sp³-hybridized carbons (Fsp3) is 0.0714. The molecule has 4 nitrogen and oxygen atoms in total. The van der Waals surface area contributed by atoms with Gasteiger partial charge in [0, 0.05) is 5.02 Å². The predicted octanol–water partition coefficient (Wildman–Crippen LogP) is 1.85. The van der Waals surface area contributed by atoms with Crippen molar-refractivity contribution in [3.05, 3.63) is 64.2 Å². The van der Waals surface area contributed by atoms with Gasteiger partial charge < -0.3 is 14.8 Å². The second-order valence-electron chi connectivity index (χ2n) is 4.57. The molecule has 6 heteroatoms. The zero-order valence-corrected chi connectivity index (χ0v) is 11.0. The molecule has 2 aromatic rings. The SMILES string of the molecule is O=C(O)c1ccc2c(c1)C(c1ccc(Cl)cc1)OB2O. The molecule has 0 saturated heterocycles. The largest absolute Gasteiger partial charge is 0.492 e. The molecule has 1 aliphatic heterocycles. The maximum absolute atomic E-state index is 11.0. The van der Waals surface area contributed by atoms with Crippen molar-refractivity contribution in [1.82, 2.24) is 0 Å². The fourth-order valence-electron chi connectivity index (χ4n) is 2.33. The van der Waals surface area contributed by atoms with Gasteiger partial charge in [-0.05, 0) is 40.9 Å². The van der Waals surface area contributed by atoms with Gasteiger partial charge in [-0.1, -0.05) is 29.8 Å². The van der Waals surface area contributed by atoms with Gasteiger partial charge >= 0.3 is 13.1 Å². The Morgan fingerprint density at radius 3 is 2.55 bits per heavy atom. The highest BCUT2D eigenvalue weighted by Gasteiger charge is 2.36. The molecule has 20 heavy (non-hydrogen) atoms. The van der Waals surface area contributed by atoms with E-state index in [0.717, 1.165) is 5.56 Å². The number of rotatable bonds is 2. The number of halogens is 1. The van der Waals surface area contributed by atoms with Crippen molar-refractivity contribution >= 4 is 30.2 Å². The van der Waals surface area contributed by atoms with Crippen LogP contribution in [0.1, 0.15) is 27.6 Å². The molecule has 0 radical (unpaired) electrons. The first-order chi connectivity index (χ1) is 9.56. The van der Waals surface area contributed by atoms with Crippen molar-refractivity contribution in [2.75, 3.05) is 0 Å². The molecule has 1 atom stereocenters. The molecular weight excluding hydrogens is 278 g/mol. The Morgan fingerprint density at radius 1 is 1.20 bits per heavy atom. The van der Waals surface area contributed by atoms with Crippen molar-refractivity contribution in [3.8, 4) is 0 Å². The number of fused-ring (bicyclic) bond motifs is 1. The summed E-state index contributed by atoms with van der Waals surface area (Å²) in [6, 6.07) is 11.6. The molecular formula is C14H10BClO4. The normalized spacial score (nSPS) is 17.1. The molecule has 0 spiro atoms. The Hall–Kier alpha value is -1.82. The van der Waals surface area contributed by atoms with Crippen LogP contribution in [0, 0.1) is 0 Å². The van der Waals surface area contributed by atoms with E-state index in [1.807, 2.05) is 0 Å². The highest BCUT2D eigenvalue weighted by Crippen LogP contribution is 2.31. The summed E-state index contributed by atoms with van der Waals surface area (Å²) < 4.78 is 5.51. The van der Waals surface area contributed by atoms with Crippen molar-refractivity contribution in [2.45, 2.75) is 6.10 Å². The molecule has 2 aromatic carbocycles. The molecule has 2 N–H and O–H groups in total. The Morgan fingerprint density at radius 2 is 1.90 bits per heavy atom. The minimum absolute atomic E-state index is 0.167. The molecule has 0 fully saturated rings. The van der Waals surface area contributed by atoms with Gasteiger partial charge in [0.1, 0.15) is 0 Å². The minimum Gasteiger partial charge on any atom is -0.478 e. The summed E-state index contributed by atoms with van der Waals surface area (Å²) in [5, 5.41) is 19.6. The first kappa shape index (κ1) is 13.2. The highest BCUT2D eigenvalue weighted by molar-refractivity contribution is 6.61. The number of benzene rings is 2. The van der Waals surface area contributed by atoms with Crippen LogP contribution in [0.3, 0.4) is 0 Å². The number of hydrogen-bond donors (Lipinski definition) is 2. The lowest BCUT2D eigenvalue weighted by atomic mass is 9.78. The van der Waals surface area contributed by atoms with E-state index >= 15 is 0 Å². The summed E-state index contributed by atoms with van der Waals surface area (Å²) >= 11 is 5.85. The lowest BCUT2D eigenvalue weighted by Gasteiger charge is -2.13. The quantitative estimate of drug-likeness (QED) is 0.828. The Bertz CT molecular complexity index is 671. The van der Waals surface area contributed by atoms with Gasteiger partial charge in [-0.25, -0.2) is 4.79 Å². The summed E-state index contributed by atoms with van der Waals surface area (Å²) in [4.78, 5) is 11.0. The lowest BCUT2D eigenvalue weighted by Crippen LogP contribution is -2.28. The van der Waals surface area contributed by atoms with Gasteiger partial charge in [-0.2, -0.15) is 0 Å². The van der Waals surface area contributed by atoms with Crippen LogP contribution in [0.4, 0.5) is 0 Å². The van der Waals surface area contributed by atoms with Crippen LogP contribution >= 0.6 is 11.6 Å². The van der Waals surface area contributed by atoms with E-state index in [1.165, 1.54) is 12.1 Å². The van der Waals surface area contributed by atoms with Crippen LogP contribution in [-0.2, 0) is 4.65 Å². The molecule has 1 unspecified atom stereocenters. The van der Waals surface area contributed by atoms with Crippen molar-refractivity contribution in [2.24, 2.45) is 0 Å². The number of carbonyl (C=O) groups is 1. The first-order valence-electron chi connectivity index (χ1n) is 6.02. The molecule has 0 bridgehead atoms. The van der Waals surface area contributed by atoms with E-state index in [4.69, 9.17) is 21.4 Å². The summed E-state index contributed by atoms with van der Waals surface area (Å²) in [6.07, 6.45) is -0.489. The van der Waals surface area contributed by atoms with Crippen LogP contribution in [0.15, 0.2) is 42.5 Å². The Balaban J connectivity index is 2.07. The number of carboxylic acid groups (broad SMARTS) is 1. The molecule has 1 heterocycles. The first-order valence-corrected chi connectivity index (χ1v) is 6.40. The van der Waals surface area contributed by atoms with Crippen molar-refractivity contribution < 1.29 is 19.6 Å². The van der Waals surface area contributed by atoms with Crippen LogP contribution < -0.4 is 5.46 Å². The monoisotopic (exact) mass is 288 g/mol. The third kappa shape index (κ3) is 2.20. The van der Waals surface area contributed by atoms with E-state index in [2.05, 4.69) is 0 Å². The Labute approximate surface area is 120 Å². The van der Waals surface area contributed by atoms with Gasteiger partial charge in [0.25, 0.3) is 0 Å². The number of hydrogen-bond acceptors (Lipinski definition) is 3.